The van der Waals surface area contributed by atoms with Gasteiger partial charge in [0.25, 0.3) is 0 Å². The second-order valence-corrected chi connectivity index (χ2v) is 6.18. The van der Waals surface area contributed by atoms with Crippen molar-refractivity contribution in [2.45, 2.75) is 6.54 Å². The molecule has 3 aromatic rings. The number of imidazole rings is 1. The summed E-state index contributed by atoms with van der Waals surface area (Å²) in [6.07, 6.45) is 6.82. The zero-order chi connectivity index (χ0) is 17.1. The lowest BCUT2D eigenvalue weighted by Crippen LogP contribution is -2.51. The lowest BCUT2D eigenvalue weighted by molar-refractivity contribution is 0.379. The Kier molecular flexibility index (Phi) is 7.52. The molecule has 144 valence electrons. The molecule has 2 N–H and O–H groups in total. The normalized spacial score (nSPS) is 13.6. The maximum absolute atomic E-state index is 5.53. The summed E-state index contributed by atoms with van der Waals surface area (Å²) in [6, 6.07) is 3.96. The predicted molar refractivity (Wildman–Crippen MR) is 114 cm³/mol. The van der Waals surface area contributed by atoms with E-state index in [1.165, 1.54) is 0 Å². The summed E-state index contributed by atoms with van der Waals surface area (Å²) in [5.74, 6) is 0.899. The van der Waals surface area contributed by atoms with Crippen molar-refractivity contribution < 1.29 is 0 Å². The number of hydrogen-bond donors (Lipinski definition) is 2. The molecule has 0 atom stereocenters. The average Bonchev–Trinajstić information content (AvgIpc) is 3.16. The number of hydrogen-bond acceptors (Lipinski definition) is 6. The highest BCUT2D eigenvalue weighted by Gasteiger charge is 2.22. The van der Waals surface area contributed by atoms with Gasteiger partial charge in [0.05, 0.1) is 6.33 Å². The number of aromatic amines is 1. The van der Waals surface area contributed by atoms with E-state index in [9.17, 15) is 0 Å². The molecule has 0 bridgehead atoms. The van der Waals surface area contributed by atoms with Gasteiger partial charge in [-0.15, -0.1) is 24.8 Å². The molecule has 1 aliphatic rings. The summed E-state index contributed by atoms with van der Waals surface area (Å²) in [4.78, 5) is 24.4. The highest BCUT2D eigenvalue weighted by atomic mass is 35.5. The fourth-order valence-corrected chi connectivity index (χ4v) is 3.16. The Labute approximate surface area is 174 Å². The number of pyridine rings is 1. The summed E-state index contributed by atoms with van der Waals surface area (Å²) < 4.78 is 0. The van der Waals surface area contributed by atoms with Crippen molar-refractivity contribution in [3.05, 3.63) is 42.7 Å². The zero-order valence-electron chi connectivity index (χ0n) is 14.4. The van der Waals surface area contributed by atoms with E-state index in [1.54, 1.807) is 18.9 Å². The number of thiocarbonyl (C=S) groups is 1. The second kappa shape index (κ2) is 9.63. The topological polar surface area (TPSA) is 85.9 Å². The van der Waals surface area contributed by atoms with E-state index in [0.717, 1.165) is 48.2 Å². The van der Waals surface area contributed by atoms with Gasteiger partial charge in [-0.1, -0.05) is 6.07 Å². The van der Waals surface area contributed by atoms with Crippen molar-refractivity contribution >= 4 is 59.1 Å². The SMILES string of the molecule is Cl.Cl.S=C(NCc1cccnc1)N1CCN(c2ncnc3nc[nH]c23)CC1. The van der Waals surface area contributed by atoms with Crippen LogP contribution in [0.1, 0.15) is 5.56 Å². The van der Waals surface area contributed by atoms with E-state index in [2.05, 4.69) is 40.0 Å². The first kappa shape index (κ1) is 21.1. The van der Waals surface area contributed by atoms with Crippen molar-refractivity contribution in [3.8, 4) is 0 Å². The maximum Gasteiger partial charge on any atom is 0.182 e. The van der Waals surface area contributed by atoms with Gasteiger partial charge < -0.3 is 20.1 Å². The van der Waals surface area contributed by atoms with Gasteiger partial charge in [0.2, 0.25) is 0 Å². The van der Waals surface area contributed by atoms with Crippen LogP contribution in [0.4, 0.5) is 5.82 Å². The van der Waals surface area contributed by atoms with Gasteiger partial charge in [-0.2, -0.15) is 0 Å². The largest absolute Gasteiger partial charge is 0.358 e. The van der Waals surface area contributed by atoms with E-state index in [1.807, 2.05) is 18.3 Å². The minimum Gasteiger partial charge on any atom is -0.358 e. The third-order valence-corrected chi connectivity index (χ3v) is 4.64. The monoisotopic (exact) mass is 426 g/mol. The smallest absolute Gasteiger partial charge is 0.182 e. The van der Waals surface area contributed by atoms with Crippen molar-refractivity contribution in [3.63, 3.8) is 0 Å². The molecule has 0 spiro atoms. The van der Waals surface area contributed by atoms with Crippen LogP contribution in [0.2, 0.25) is 0 Å². The van der Waals surface area contributed by atoms with Crippen LogP contribution in [-0.2, 0) is 6.54 Å². The Balaban J connectivity index is 0.00000131. The molecule has 0 aliphatic carbocycles. The number of nitrogens with zero attached hydrogens (tertiary/aromatic N) is 6. The lowest BCUT2D eigenvalue weighted by atomic mass is 10.3. The first-order valence-corrected chi connectivity index (χ1v) is 8.53. The molecule has 11 heteroatoms. The van der Waals surface area contributed by atoms with Crippen LogP contribution in [0, 0.1) is 0 Å². The number of rotatable bonds is 3. The van der Waals surface area contributed by atoms with Crippen LogP contribution in [-0.4, -0.2) is 61.1 Å². The molecule has 3 aromatic heterocycles. The lowest BCUT2D eigenvalue weighted by Gasteiger charge is -2.36. The van der Waals surface area contributed by atoms with Crippen LogP contribution in [0.5, 0.6) is 0 Å². The summed E-state index contributed by atoms with van der Waals surface area (Å²) >= 11 is 5.53. The molecule has 27 heavy (non-hydrogen) atoms. The van der Waals surface area contributed by atoms with Crippen LogP contribution in [0.25, 0.3) is 11.2 Å². The number of aromatic nitrogens is 5. The molecular weight excluding hydrogens is 407 g/mol. The standard InChI is InChI=1S/C16H18N8S.2ClH/c25-16(18-9-12-2-1-3-17-8-12)24-6-4-23(5-7-24)15-13-14(20-10-19-13)21-11-22-15;;/h1-3,8,10-11H,4-7,9H2,(H,18,25)(H,19,20,21,22);2*1H. The van der Waals surface area contributed by atoms with Crippen LogP contribution >= 0.6 is 37.0 Å². The first-order valence-electron chi connectivity index (χ1n) is 8.12. The van der Waals surface area contributed by atoms with Gasteiger partial charge in [-0.3, -0.25) is 4.98 Å². The minimum absolute atomic E-state index is 0. The highest BCUT2D eigenvalue weighted by molar-refractivity contribution is 7.80. The van der Waals surface area contributed by atoms with Gasteiger partial charge in [0.15, 0.2) is 16.6 Å². The van der Waals surface area contributed by atoms with E-state index < -0.39 is 0 Å². The third kappa shape index (κ3) is 4.74. The molecular formula is C16H20Cl2N8S. The van der Waals surface area contributed by atoms with Gasteiger partial charge in [0.1, 0.15) is 11.8 Å². The molecule has 1 aliphatic heterocycles. The van der Waals surface area contributed by atoms with Crippen LogP contribution in [0.3, 0.4) is 0 Å². The van der Waals surface area contributed by atoms with Crippen molar-refractivity contribution in [1.29, 1.82) is 0 Å². The quantitative estimate of drug-likeness (QED) is 0.612. The molecule has 0 aromatic carbocycles. The number of H-pyrrole nitrogens is 1. The van der Waals surface area contributed by atoms with Gasteiger partial charge >= 0.3 is 0 Å². The Morgan fingerprint density at radius 3 is 2.70 bits per heavy atom. The maximum atomic E-state index is 5.53. The molecule has 0 unspecified atom stereocenters. The summed E-state index contributed by atoms with van der Waals surface area (Å²) in [5, 5.41) is 4.08. The fraction of sp³-hybridized carbons (Fsp3) is 0.312. The van der Waals surface area contributed by atoms with Crippen molar-refractivity contribution in [1.82, 2.24) is 35.1 Å². The third-order valence-electron chi connectivity index (χ3n) is 4.24. The summed E-state index contributed by atoms with van der Waals surface area (Å²) in [5.41, 5.74) is 2.69. The average molecular weight is 427 g/mol. The molecule has 0 radical (unpaired) electrons. The van der Waals surface area contributed by atoms with Crippen molar-refractivity contribution in [2.24, 2.45) is 0 Å². The van der Waals surface area contributed by atoms with Gasteiger partial charge in [0, 0.05) is 45.1 Å². The van der Waals surface area contributed by atoms with E-state index in [4.69, 9.17) is 12.2 Å². The Morgan fingerprint density at radius 2 is 1.96 bits per heavy atom. The van der Waals surface area contributed by atoms with E-state index in [0.29, 0.717) is 12.2 Å². The first-order chi connectivity index (χ1) is 12.3. The summed E-state index contributed by atoms with van der Waals surface area (Å²) in [6.45, 7) is 4.07. The molecule has 4 rings (SSSR count). The molecule has 1 fully saturated rings. The number of anilines is 1. The van der Waals surface area contributed by atoms with Crippen LogP contribution < -0.4 is 10.2 Å². The number of halogens is 2. The van der Waals surface area contributed by atoms with Gasteiger partial charge in [-0.25, -0.2) is 15.0 Å². The highest BCUT2D eigenvalue weighted by Crippen LogP contribution is 2.20. The van der Waals surface area contributed by atoms with Crippen LogP contribution in [0.15, 0.2) is 37.2 Å². The minimum atomic E-state index is 0. The number of nitrogens with one attached hydrogen (secondary N) is 2. The van der Waals surface area contributed by atoms with Gasteiger partial charge in [-0.05, 0) is 23.8 Å². The molecule has 4 heterocycles. The molecule has 8 nitrogen and oxygen atoms in total. The Hall–Kier alpha value is -2.23. The van der Waals surface area contributed by atoms with E-state index >= 15 is 0 Å². The van der Waals surface area contributed by atoms with E-state index in [-0.39, 0.29) is 24.8 Å². The zero-order valence-corrected chi connectivity index (χ0v) is 16.9. The predicted octanol–water partition coefficient (Wildman–Crippen LogP) is 1.79. The molecule has 0 saturated carbocycles. The Bertz CT molecular complexity index is 867. The molecule has 1 saturated heterocycles. The second-order valence-electron chi connectivity index (χ2n) is 5.79. The number of fused-ring (bicyclic) bond motifs is 1. The Morgan fingerprint density at radius 1 is 1.15 bits per heavy atom. The molecule has 0 amide bonds. The fourth-order valence-electron chi connectivity index (χ4n) is 2.91. The van der Waals surface area contributed by atoms with Crippen molar-refractivity contribution in [2.75, 3.05) is 31.1 Å². The number of piperazine rings is 1. The summed E-state index contributed by atoms with van der Waals surface area (Å²) in [7, 11) is 0.